The van der Waals surface area contributed by atoms with Crippen LogP contribution in [0.1, 0.15) is 27.7 Å². The first-order valence-corrected chi connectivity index (χ1v) is 6.17. The average Bonchev–Trinajstić information content (AvgIpc) is 2.41. The van der Waals surface area contributed by atoms with Crippen molar-refractivity contribution in [3.05, 3.63) is 55.1 Å². The van der Waals surface area contributed by atoms with E-state index in [2.05, 4.69) is 55.1 Å². The standard InChI is InChI=1S/C10H8.C3H6O.C2H2O.C2H6/c1-2-6-10-8-4-3-7-9(10)5-1;1-3(2)4;1-2-3;1-2/h1-8H;1-2H3;1H2;1-2H3. The van der Waals surface area contributed by atoms with Crippen LogP contribution in [0.2, 0.25) is 0 Å². The number of rotatable bonds is 0. The van der Waals surface area contributed by atoms with Crippen LogP contribution >= 0.6 is 0 Å². The van der Waals surface area contributed by atoms with Crippen LogP contribution in [0.25, 0.3) is 10.8 Å². The van der Waals surface area contributed by atoms with E-state index in [-0.39, 0.29) is 5.78 Å². The minimum absolute atomic E-state index is 0.167. The van der Waals surface area contributed by atoms with Gasteiger partial charge in [0.05, 0.1) is 0 Å². The Morgan fingerprint density at radius 2 is 1.05 bits per heavy atom. The maximum Gasteiger partial charge on any atom is 0.126 e. The summed E-state index contributed by atoms with van der Waals surface area (Å²) in [5.74, 6) is 1.42. The van der Waals surface area contributed by atoms with Crippen LogP contribution in [0.5, 0.6) is 0 Å². The van der Waals surface area contributed by atoms with Crippen molar-refractivity contribution in [2.24, 2.45) is 0 Å². The number of Topliss-reactive ketones (excluding diaryl/α,β-unsaturated/α-hetero) is 1. The van der Waals surface area contributed by atoms with Crippen molar-refractivity contribution >= 4 is 22.5 Å². The SMILES string of the molecule is C=C=O.CC.CC(C)=O.c1ccc2ccccc2c1. The van der Waals surface area contributed by atoms with Crippen molar-refractivity contribution in [1.29, 1.82) is 0 Å². The molecule has 0 bridgehead atoms. The highest BCUT2D eigenvalue weighted by Gasteiger charge is 1.85. The van der Waals surface area contributed by atoms with Crippen molar-refractivity contribution in [3.63, 3.8) is 0 Å². The largest absolute Gasteiger partial charge is 0.300 e. The quantitative estimate of drug-likeness (QED) is 0.653. The van der Waals surface area contributed by atoms with Gasteiger partial charge in [-0.1, -0.05) is 62.4 Å². The fourth-order valence-electron chi connectivity index (χ4n) is 1.13. The predicted octanol–water partition coefficient (Wildman–Crippen LogP) is 4.47. The summed E-state index contributed by atoms with van der Waals surface area (Å²) in [6.07, 6.45) is 0. The Hall–Kier alpha value is -2.18. The number of fused-ring (bicyclic) bond motifs is 1. The smallest absolute Gasteiger partial charge is 0.126 e. The molecule has 0 N–H and O–H groups in total. The van der Waals surface area contributed by atoms with Crippen LogP contribution in [0.3, 0.4) is 0 Å². The first-order chi connectivity index (χ1) is 9.11. The van der Waals surface area contributed by atoms with Crippen LogP contribution in [-0.4, -0.2) is 11.7 Å². The molecule has 2 heteroatoms. The maximum absolute atomic E-state index is 9.44. The number of benzene rings is 2. The number of hydrogen-bond donors (Lipinski definition) is 0. The first-order valence-electron chi connectivity index (χ1n) is 6.17. The van der Waals surface area contributed by atoms with Crippen molar-refractivity contribution in [3.8, 4) is 0 Å². The first kappa shape index (κ1) is 19.2. The van der Waals surface area contributed by atoms with Gasteiger partial charge in [-0.25, -0.2) is 4.79 Å². The van der Waals surface area contributed by atoms with E-state index in [1.54, 1.807) is 0 Å². The highest BCUT2D eigenvalue weighted by atomic mass is 16.1. The molecule has 0 radical (unpaired) electrons. The lowest BCUT2D eigenvalue weighted by molar-refractivity contribution is -0.114. The Bertz CT molecular complexity index is 426. The Morgan fingerprint density at radius 3 is 1.21 bits per heavy atom. The van der Waals surface area contributed by atoms with Gasteiger partial charge in [0.25, 0.3) is 0 Å². The molecule has 0 aliphatic heterocycles. The number of ketones is 1. The summed E-state index contributed by atoms with van der Waals surface area (Å²) in [6, 6.07) is 16.7. The number of carbonyl (C=O) groups excluding carboxylic acids is 2. The fourth-order valence-corrected chi connectivity index (χ4v) is 1.13. The lowest BCUT2D eigenvalue weighted by Crippen LogP contribution is -1.69. The Morgan fingerprint density at radius 1 is 0.895 bits per heavy atom. The molecule has 0 heterocycles. The highest BCUT2D eigenvalue weighted by Crippen LogP contribution is 2.11. The molecule has 102 valence electrons. The summed E-state index contributed by atoms with van der Waals surface area (Å²) < 4.78 is 0. The monoisotopic (exact) mass is 258 g/mol. The van der Waals surface area contributed by atoms with Crippen molar-refractivity contribution in [2.45, 2.75) is 27.7 Å². The van der Waals surface area contributed by atoms with E-state index < -0.39 is 0 Å². The lowest BCUT2D eigenvalue weighted by Gasteiger charge is -1.92. The van der Waals surface area contributed by atoms with Crippen LogP contribution in [0, 0.1) is 0 Å². The van der Waals surface area contributed by atoms with Crippen LogP contribution in [0.4, 0.5) is 0 Å². The molecule has 2 nitrogen and oxygen atoms in total. The van der Waals surface area contributed by atoms with Crippen molar-refractivity contribution < 1.29 is 9.59 Å². The molecule has 2 aromatic carbocycles. The van der Waals surface area contributed by atoms with Crippen LogP contribution < -0.4 is 0 Å². The minimum Gasteiger partial charge on any atom is -0.300 e. The highest BCUT2D eigenvalue weighted by molar-refractivity contribution is 5.82. The average molecular weight is 258 g/mol. The van der Waals surface area contributed by atoms with E-state index in [0.717, 1.165) is 0 Å². The molecule has 0 unspecified atom stereocenters. The lowest BCUT2D eigenvalue weighted by atomic mass is 10.1. The van der Waals surface area contributed by atoms with Crippen molar-refractivity contribution in [1.82, 2.24) is 0 Å². The second kappa shape index (κ2) is 13.9. The minimum atomic E-state index is 0.167. The van der Waals surface area contributed by atoms with Gasteiger partial charge in [-0.05, 0) is 31.2 Å². The van der Waals surface area contributed by atoms with Crippen molar-refractivity contribution in [2.75, 3.05) is 0 Å². The summed E-state index contributed by atoms with van der Waals surface area (Å²) in [5, 5.41) is 2.62. The molecule has 0 amide bonds. The van der Waals surface area contributed by atoms with Gasteiger partial charge >= 0.3 is 0 Å². The second-order valence-electron chi connectivity index (χ2n) is 3.40. The molecule has 0 atom stereocenters. The van der Waals surface area contributed by atoms with Gasteiger partial charge in [-0.2, -0.15) is 0 Å². The normalized spacial score (nSPS) is 7.37. The van der Waals surface area contributed by atoms with E-state index in [1.807, 2.05) is 13.8 Å². The van der Waals surface area contributed by atoms with Crippen LogP contribution in [0.15, 0.2) is 55.1 Å². The Labute approximate surface area is 115 Å². The number of hydrogen-bond acceptors (Lipinski definition) is 2. The summed E-state index contributed by atoms with van der Waals surface area (Å²) in [4.78, 5) is 18.0. The van der Waals surface area contributed by atoms with E-state index >= 15 is 0 Å². The van der Waals surface area contributed by atoms with E-state index in [0.29, 0.717) is 0 Å². The molecule has 2 aromatic rings. The predicted molar refractivity (Wildman–Crippen MR) is 83.0 cm³/mol. The molecule has 2 rings (SSSR count). The van der Waals surface area contributed by atoms with Gasteiger partial charge in [0.1, 0.15) is 11.7 Å². The molecule has 0 aliphatic rings. The van der Waals surface area contributed by atoms with Gasteiger partial charge in [0, 0.05) is 0 Å². The van der Waals surface area contributed by atoms with Gasteiger partial charge in [0.15, 0.2) is 0 Å². The summed E-state index contributed by atoms with van der Waals surface area (Å²) in [6.45, 7) is 9.74. The molecule has 0 aliphatic carbocycles. The topological polar surface area (TPSA) is 34.1 Å². The third-order valence-corrected chi connectivity index (χ3v) is 1.66. The van der Waals surface area contributed by atoms with E-state index in [9.17, 15) is 4.79 Å². The zero-order valence-corrected chi connectivity index (χ0v) is 12.1. The molecular formula is C17H22O2. The van der Waals surface area contributed by atoms with E-state index in [1.165, 1.54) is 30.6 Å². The summed E-state index contributed by atoms with van der Waals surface area (Å²) >= 11 is 0. The molecule has 0 saturated carbocycles. The van der Waals surface area contributed by atoms with Gasteiger partial charge in [-0.3, -0.25) is 0 Å². The Balaban J connectivity index is 0. The molecular weight excluding hydrogens is 236 g/mol. The van der Waals surface area contributed by atoms with Crippen LogP contribution in [-0.2, 0) is 9.59 Å². The molecule has 0 aromatic heterocycles. The number of carbonyl (C=O) groups is 1. The van der Waals surface area contributed by atoms with Gasteiger partial charge < -0.3 is 4.79 Å². The van der Waals surface area contributed by atoms with E-state index in [4.69, 9.17) is 4.79 Å². The molecule has 0 spiro atoms. The molecule has 0 saturated heterocycles. The third kappa shape index (κ3) is 12.1. The zero-order valence-electron chi connectivity index (χ0n) is 12.1. The van der Waals surface area contributed by atoms with Gasteiger partial charge in [-0.15, -0.1) is 0 Å². The Kier molecular flexibility index (Phi) is 14.0. The molecule has 0 fully saturated rings. The van der Waals surface area contributed by atoms with Gasteiger partial charge in [0.2, 0.25) is 0 Å². The maximum atomic E-state index is 9.44. The third-order valence-electron chi connectivity index (χ3n) is 1.66. The zero-order chi connectivity index (χ0) is 15.1. The summed E-state index contributed by atoms with van der Waals surface area (Å²) in [5.41, 5.74) is 0. The molecule has 19 heavy (non-hydrogen) atoms. The fraction of sp³-hybridized carbons (Fsp3) is 0.235. The second-order valence-corrected chi connectivity index (χ2v) is 3.40. The summed E-state index contributed by atoms with van der Waals surface area (Å²) in [7, 11) is 0.